The minimum absolute atomic E-state index is 0.548. The monoisotopic (exact) mass is 194 g/mol. The van der Waals surface area contributed by atoms with Gasteiger partial charge in [-0.05, 0) is 17.0 Å². The molecule has 0 aliphatic carbocycles. The molecule has 1 aromatic carbocycles. The molecule has 0 N–H and O–H groups in total. The molecule has 0 unspecified atom stereocenters. The van der Waals surface area contributed by atoms with Gasteiger partial charge in [0, 0.05) is 11.5 Å². The number of allylic oxidation sites excluding steroid dienone is 1. The highest BCUT2D eigenvalue weighted by atomic mass is 35.5. The number of halogens is 1. The van der Waals surface area contributed by atoms with Crippen LogP contribution in [0.25, 0.3) is 0 Å². The van der Waals surface area contributed by atoms with Crippen LogP contribution in [0, 0.1) is 0 Å². The summed E-state index contributed by atoms with van der Waals surface area (Å²) in [4.78, 5) is 0. The Kier molecular flexibility index (Phi) is 3.56. The second kappa shape index (κ2) is 4.48. The molecule has 0 amide bonds. The number of hydrogen-bond donors (Lipinski definition) is 0. The average Bonchev–Trinajstić information content (AvgIpc) is 2.03. The largest absolute Gasteiger partial charge is 0.0894 e. The molecule has 0 nitrogen and oxygen atoms in total. The topological polar surface area (TPSA) is 0 Å². The van der Waals surface area contributed by atoms with E-state index in [1.807, 2.05) is 6.07 Å². The fourth-order valence-electron chi connectivity index (χ4n) is 1.47. The van der Waals surface area contributed by atoms with Gasteiger partial charge in [0.25, 0.3) is 0 Å². The first-order chi connectivity index (χ1) is 6.11. The van der Waals surface area contributed by atoms with E-state index in [0.29, 0.717) is 11.0 Å². The van der Waals surface area contributed by atoms with Crippen LogP contribution >= 0.6 is 11.6 Å². The summed E-state index contributed by atoms with van der Waals surface area (Å²) in [5.74, 6) is 0.548. The van der Waals surface area contributed by atoms with E-state index in [-0.39, 0.29) is 0 Å². The maximum atomic E-state index is 5.79. The molecule has 0 spiro atoms. The quantitative estimate of drug-likeness (QED) is 0.680. The molecular weight excluding hydrogens is 180 g/mol. The van der Waals surface area contributed by atoms with Gasteiger partial charge < -0.3 is 0 Å². The van der Waals surface area contributed by atoms with Gasteiger partial charge in [-0.15, -0.1) is 0 Å². The summed E-state index contributed by atoms with van der Waals surface area (Å²) in [6, 6.07) is 8.37. The van der Waals surface area contributed by atoms with Crippen LogP contribution in [0.3, 0.4) is 0 Å². The average molecular weight is 195 g/mol. The first kappa shape index (κ1) is 10.3. The summed E-state index contributed by atoms with van der Waals surface area (Å²) in [7, 11) is 0. The zero-order chi connectivity index (χ0) is 9.84. The number of benzene rings is 1. The van der Waals surface area contributed by atoms with E-state index in [1.165, 1.54) is 11.1 Å². The minimum Gasteiger partial charge on any atom is -0.0894 e. The van der Waals surface area contributed by atoms with Crippen LogP contribution < -0.4 is 0 Å². The van der Waals surface area contributed by atoms with Crippen LogP contribution in [0.1, 0.15) is 30.9 Å². The van der Waals surface area contributed by atoms with Crippen molar-refractivity contribution in [3.63, 3.8) is 0 Å². The molecule has 0 atom stereocenters. The molecule has 0 heterocycles. The second-order valence-corrected chi connectivity index (χ2v) is 4.08. The molecule has 0 aliphatic heterocycles. The van der Waals surface area contributed by atoms with Gasteiger partial charge >= 0.3 is 0 Å². The molecule has 0 radical (unpaired) electrons. The van der Waals surface area contributed by atoms with Gasteiger partial charge in [0.05, 0.1) is 0 Å². The number of rotatable bonds is 3. The first-order valence-corrected chi connectivity index (χ1v) is 4.90. The predicted molar refractivity (Wildman–Crippen MR) is 59.2 cm³/mol. The Balaban J connectivity index is 2.97. The van der Waals surface area contributed by atoms with E-state index in [1.54, 1.807) is 0 Å². The van der Waals surface area contributed by atoms with Crippen LogP contribution in [-0.4, -0.2) is 0 Å². The van der Waals surface area contributed by atoms with E-state index in [0.717, 1.165) is 6.42 Å². The summed E-state index contributed by atoms with van der Waals surface area (Å²) in [6.07, 6.45) is 0.774. The van der Waals surface area contributed by atoms with Crippen molar-refractivity contribution >= 4 is 11.6 Å². The standard InChI is InChI=1S/C12H15Cl/c1-9(2)12-7-5-4-6-11(12)8-10(3)13/h4-7,9H,3,8H2,1-2H3. The zero-order valence-corrected chi connectivity index (χ0v) is 8.93. The van der Waals surface area contributed by atoms with Gasteiger partial charge in [-0.2, -0.15) is 0 Å². The molecule has 0 aromatic heterocycles. The van der Waals surface area contributed by atoms with Gasteiger partial charge in [0.2, 0.25) is 0 Å². The molecular formula is C12H15Cl. The smallest absolute Gasteiger partial charge is 0.0153 e. The molecule has 0 bridgehead atoms. The molecule has 13 heavy (non-hydrogen) atoms. The maximum Gasteiger partial charge on any atom is 0.0153 e. The molecule has 1 aromatic rings. The van der Waals surface area contributed by atoms with Crippen molar-refractivity contribution in [2.45, 2.75) is 26.2 Å². The van der Waals surface area contributed by atoms with Crippen LogP contribution in [0.4, 0.5) is 0 Å². The van der Waals surface area contributed by atoms with Gasteiger partial charge in [-0.25, -0.2) is 0 Å². The van der Waals surface area contributed by atoms with E-state index >= 15 is 0 Å². The molecule has 0 saturated carbocycles. The van der Waals surface area contributed by atoms with Crippen LogP contribution in [0.15, 0.2) is 35.9 Å². The highest BCUT2D eigenvalue weighted by molar-refractivity contribution is 6.29. The molecule has 0 fully saturated rings. The Morgan fingerprint density at radius 3 is 2.54 bits per heavy atom. The van der Waals surface area contributed by atoms with Gasteiger partial charge in [0.15, 0.2) is 0 Å². The van der Waals surface area contributed by atoms with Crippen LogP contribution in [-0.2, 0) is 6.42 Å². The van der Waals surface area contributed by atoms with Crippen molar-refractivity contribution < 1.29 is 0 Å². The zero-order valence-electron chi connectivity index (χ0n) is 8.18. The van der Waals surface area contributed by atoms with E-state index < -0.39 is 0 Å². The van der Waals surface area contributed by atoms with Gasteiger partial charge in [-0.3, -0.25) is 0 Å². The molecule has 0 saturated heterocycles. The highest BCUT2D eigenvalue weighted by Crippen LogP contribution is 2.21. The molecule has 1 rings (SSSR count). The maximum absolute atomic E-state index is 5.79. The van der Waals surface area contributed by atoms with Crippen LogP contribution in [0.5, 0.6) is 0 Å². The lowest BCUT2D eigenvalue weighted by Gasteiger charge is -2.11. The van der Waals surface area contributed by atoms with E-state index in [2.05, 4.69) is 38.6 Å². The lowest BCUT2D eigenvalue weighted by atomic mass is 9.95. The van der Waals surface area contributed by atoms with Gasteiger partial charge in [0.1, 0.15) is 0 Å². The van der Waals surface area contributed by atoms with Crippen molar-refractivity contribution in [2.24, 2.45) is 0 Å². The lowest BCUT2D eigenvalue weighted by Crippen LogP contribution is -1.95. The summed E-state index contributed by atoms with van der Waals surface area (Å²) in [6.45, 7) is 8.10. The summed E-state index contributed by atoms with van der Waals surface area (Å²) in [5.41, 5.74) is 2.65. The first-order valence-electron chi connectivity index (χ1n) is 4.52. The summed E-state index contributed by atoms with van der Waals surface area (Å²) < 4.78 is 0. The third-order valence-corrected chi connectivity index (χ3v) is 2.19. The van der Waals surface area contributed by atoms with Crippen molar-refractivity contribution in [2.75, 3.05) is 0 Å². The minimum atomic E-state index is 0.548. The normalized spacial score (nSPS) is 10.5. The molecule has 1 heteroatoms. The Labute approximate surface area is 85.2 Å². The molecule has 70 valence electrons. The molecule has 0 aliphatic rings. The van der Waals surface area contributed by atoms with Crippen molar-refractivity contribution in [3.05, 3.63) is 47.0 Å². The van der Waals surface area contributed by atoms with E-state index in [9.17, 15) is 0 Å². The Hall–Kier alpha value is -0.750. The summed E-state index contributed by atoms with van der Waals surface area (Å²) >= 11 is 5.79. The lowest BCUT2D eigenvalue weighted by molar-refractivity contribution is 0.850. The fourth-order valence-corrected chi connectivity index (χ4v) is 1.61. The predicted octanol–water partition coefficient (Wildman–Crippen LogP) is 4.11. The van der Waals surface area contributed by atoms with Crippen molar-refractivity contribution in [1.82, 2.24) is 0 Å². The number of hydrogen-bond acceptors (Lipinski definition) is 0. The summed E-state index contributed by atoms with van der Waals surface area (Å²) in [5, 5.41) is 0.702. The second-order valence-electron chi connectivity index (χ2n) is 3.55. The fraction of sp³-hybridized carbons (Fsp3) is 0.333. The van der Waals surface area contributed by atoms with E-state index in [4.69, 9.17) is 11.6 Å². The third-order valence-electron chi connectivity index (χ3n) is 2.06. The Morgan fingerprint density at radius 1 is 1.38 bits per heavy atom. The van der Waals surface area contributed by atoms with Crippen molar-refractivity contribution in [3.8, 4) is 0 Å². The SMILES string of the molecule is C=C(Cl)Cc1ccccc1C(C)C. The Bertz CT molecular complexity index is 300. The highest BCUT2D eigenvalue weighted by Gasteiger charge is 2.05. The van der Waals surface area contributed by atoms with Crippen LogP contribution in [0.2, 0.25) is 0 Å². The third kappa shape index (κ3) is 2.89. The Morgan fingerprint density at radius 2 is 2.00 bits per heavy atom. The van der Waals surface area contributed by atoms with Gasteiger partial charge in [-0.1, -0.05) is 56.3 Å². The van der Waals surface area contributed by atoms with Crippen molar-refractivity contribution in [1.29, 1.82) is 0 Å².